The number of nitrogens with one attached hydrogen (secondary N) is 1. The van der Waals surface area contributed by atoms with Crippen molar-refractivity contribution in [2.24, 2.45) is 0 Å². The molecule has 2 heteroatoms. The molecular formula is C16H18ClN. The SMILES string of the molecule is CC(Cc1ccccc1)NCc1ccc(Cl)cc1. The van der Waals surface area contributed by atoms with E-state index in [4.69, 9.17) is 11.6 Å². The molecule has 0 aliphatic carbocycles. The van der Waals surface area contributed by atoms with Gasteiger partial charge >= 0.3 is 0 Å². The van der Waals surface area contributed by atoms with Crippen LogP contribution < -0.4 is 5.32 Å². The Balaban J connectivity index is 1.81. The average molecular weight is 260 g/mol. The zero-order valence-corrected chi connectivity index (χ0v) is 11.3. The van der Waals surface area contributed by atoms with Crippen LogP contribution in [-0.2, 0) is 13.0 Å². The topological polar surface area (TPSA) is 12.0 Å². The zero-order valence-electron chi connectivity index (χ0n) is 10.6. The third-order valence-electron chi connectivity index (χ3n) is 2.95. The van der Waals surface area contributed by atoms with E-state index >= 15 is 0 Å². The van der Waals surface area contributed by atoms with E-state index in [1.54, 1.807) is 0 Å². The van der Waals surface area contributed by atoms with Crippen molar-refractivity contribution < 1.29 is 0 Å². The van der Waals surface area contributed by atoms with Crippen molar-refractivity contribution in [1.82, 2.24) is 5.32 Å². The van der Waals surface area contributed by atoms with Crippen LogP contribution in [0.3, 0.4) is 0 Å². The molecule has 0 radical (unpaired) electrons. The summed E-state index contributed by atoms with van der Waals surface area (Å²) in [5.74, 6) is 0. The quantitative estimate of drug-likeness (QED) is 0.854. The molecule has 0 amide bonds. The van der Waals surface area contributed by atoms with Gasteiger partial charge in [0, 0.05) is 17.6 Å². The molecule has 0 aliphatic rings. The fraction of sp³-hybridized carbons (Fsp3) is 0.250. The molecule has 1 unspecified atom stereocenters. The van der Waals surface area contributed by atoms with Gasteiger partial charge in [-0.05, 0) is 36.6 Å². The molecule has 1 nitrogen and oxygen atoms in total. The lowest BCUT2D eigenvalue weighted by molar-refractivity contribution is 0.545. The molecule has 18 heavy (non-hydrogen) atoms. The van der Waals surface area contributed by atoms with Crippen LogP contribution in [0, 0.1) is 0 Å². The number of hydrogen-bond donors (Lipinski definition) is 1. The van der Waals surface area contributed by atoms with Gasteiger partial charge in [0.1, 0.15) is 0 Å². The van der Waals surface area contributed by atoms with E-state index in [1.807, 2.05) is 12.1 Å². The summed E-state index contributed by atoms with van der Waals surface area (Å²) in [6, 6.07) is 19.0. The van der Waals surface area contributed by atoms with Gasteiger partial charge in [0.15, 0.2) is 0 Å². The monoisotopic (exact) mass is 259 g/mol. The smallest absolute Gasteiger partial charge is 0.0406 e. The predicted octanol–water partition coefficient (Wildman–Crippen LogP) is 4.06. The molecule has 0 bridgehead atoms. The highest BCUT2D eigenvalue weighted by Gasteiger charge is 2.02. The van der Waals surface area contributed by atoms with E-state index < -0.39 is 0 Å². The first-order chi connectivity index (χ1) is 8.74. The van der Waals surface area contributed by atoms with Gasteiger partial charge in [-0.3, -0.25) is 0 Å². The van der Waals surface area contributed by atoms with Gasteiger partial charge < -0.3 is 5.32 Å². The third kappa shape index (κ3) is 4.17. The molecule has 1 N–H and O–H groups in total. The van der Waals surface area contributed by atoms with Gasteiger partial charge in [0.2, 0.25) is 0 Å². The van der Waals surface area contributed by atoms with Crippen LogP contribution in [0.2, 0.25) is 5.02 Å². The predicted molar refractivity (Wildman–Crippen MR) is 77.9 cm³/mol. The summed E-state index contributed by atoms with van der Waals surface area (Å²) < 4.78 is 0. The summed E-state index contributed by atoms with van der Waals surface area (Å²) in [6.45, 7) is 3.09. The molecule has 0 fully saturated rings. The number of benzene rings is 2. The van der Waals surface area contributed by atoms with Crippen molar-refractivity contribution in [3.05, 3.63) is 70.7 Å². The van der Waals surface area contributed by atoms with Crippen molar-refractivity contribution in [3.8, 4) is 0 Å². The van der Waals surface area contributed by atoms with Crippen LogP contribution in [0.1, 0.15) is 18.1 Å². The van der Waals surface area contributed by atoms with Crippen molar-refractivity contribution in [2.45, 2.75) is 25.9 Å². The minimum Gasteiger partial charge on any atom is -0.310 e. The highest BCUT2D eigenvalue weighted by molar-refractivity contribution is 6.30. The molecule has 0 spiro atoms. The Bertz CT molecular complexity index is 464. The molecular weight excluding hydrogens is 242 g/mol. The molecule has 0 aromatic heterocycles. The Hall–Kier alpha value is -1.31. The summed E-state index contributed by atoms with van der Waals surface area (Å²) in [4.78, 5) is 0. The van der Waals surface area contributed by atoms with Crippen LogP contribution in [0.25, 0.3) is 0 Å². The summed E-state index contributed by atoms with van der Waals surface area (Å²) in [5.41, 5.74) is 2.63. The normalized spacial score (nSPS) is 12.3. The zero-order chi connectivity index (χ0) is 12.8. The maximum Gasteiger partial charge on any atom is 0.0406 e. The lowest BCUT2D eigenvalue weighted by Crippen LogP contribution is -2.27. The lowest BCUT2D eigenvalue weighted by atomic mass is 10.1. The van der Waals surface area contributed by atoms with E-state index in [0.29, 0.717) is 6.04 Å². The first-order valence-electron chi connectivity index (χ1n) is 6.26. The lowest BCUT2D eigenvalue weighted by Gasteiger charge is -2.14. The van der Waals surface area contributed by atoms with Crippen molar-refractivity contribution in [1.29, 1.82) is 0 Å². The fourth-order valence-corrected chi connectivity index (χ4v) is 2.06. The largest absolute Gasteiger partial charge is 0.310 e. The Kier molecular flexibility index (Phi) is 4.80. The van der Waals surface area contributed by atoms with Gasteiger partial charge in [-0.2, -0.15) is 0 Å². The second-order valence-electron chi connectivity index (χ2n) is 4.60. The minimum atomic E-state index is 0.461. The molecule has 2 aromatic rings. The van der Waals surface area contributed by atoms with Gasteiger partial charge in [-0.1, -0.05) is 54.1 Å². The highest BCUT2D eigenvalue weighted by atomic mass is 35.5. The van der Waals surface area contributed by atoms with E-state index in [9.17, 15) is 0 Å². The van der Waals surface area contributed by atoms with Crippen molar-refractivity contribution >= 4 is 11.6 Å². The van der Waals surface area contributed by atoms with E-state index in [1.165, 1.54) is 11.1 Å². The Morgan fingerprint density at radius 2 is 1.61 bits per heavy atom. The standard InChI is InChI=1S/C16H18ClN/c1-13(11-14-5-3-2-4-6-14)18-12-15-7-9-16(17)10-8-15/h2-10,13,18H,11-12H2,1H3. The van der Waals surface area contributed by atoms with Crippen LogP contribution in [0.5, 0.6) is 0 Å². The molecule has 0 saturated heterocycles. The molecule has 2 aromatic carbocycles. The van der Waals surface area contributed by atoms with E-state index in [2.05, 4.69) is 54.7 Å². The number of rotatable bonds is 5. The Morgan fingerprint density at radius 3 is 2.28 bits per heavy atom. The highest BCUT2D eigenvalue weighted by Crippen LogP contribution is 2.10. The van der Waals surface area contributed by atoms with Crippen LogP contribution in [-0.4, -0.2) is 6.04 Å². The van der Waals surface area contributed by atoms with Gasteiger partial charge in [0.05, 0.1) is 0 Å². The fourth-order valence-electron chi connectivity index (χ4n) is 1.93. The maximum atomic E-state index is 5.86. The molecule has 0 saturated carbocycles. The van der Waals surface area contributed by atoms with Crippen LogP contribution in [0.4, 0.5) is 0 Å². The van der Waals surface area contributed by atoms with Gasteiger partial charge in [0.25, 0.3) is 0 Å². The molecule has 94 valence electrons. The first-order valence-corrected chi connectivity index (χ1v) is 6.63. The maximum absolute atomic E-state index is 5.86. The first kappa shape index (κ1) is 13.1. The van der Waals surface area contributed by atoms with Crippen LogP contribution >= 0.6 is 11.6 Å². The number of halogens is 1. The van der Waals surface area contributed by atoms with Gasteiger partial charge in [-0.15, -0.1) is 0 Å². The van der Waals surface area contributed by atoms with Crippen LogP contribution in [0.15, 0.2) is 54.6 Å². The number of hydrogen-bond acceptors (Lipinski definition) is 1. The summed E-state index contributed by atoms with van der Waals surface area (Å²) in [6.07, 6.45) is 1.05. The summed E-state index contributed by atoms with van der Waals surface area (Å²) >= 11 is 5.86. The molecule has 0 aliphatic heterocycles. The summed E-state index contributed by atoms with van der Waals surface area (Å²) in [7, 11) is 0. The van der Waals surface area contributed by atoms with E-state index in [0.717, 1.165) is 18.0 Å². The third-order valence-corrected chi connectivity index (χ3v) is 3.20. The molecule has 2 rings (SSSR count). The minimum absolute atomic E-state index is 0.461. The van der Waals surface area contributed by atoms with Crippen molar-refractivity contribution in [2.75, 3.05) is 0 Å². The summed E-state index contributed by atoms with van der Waals surface area (Å²) in [5, 5.41) is 4.31. The van der Waals surface area contributed by atoms with E-state index in [-0.39, 0.29) is 0 Å². The van der Waals surface area contributed by atoms with Gasteiger partial charge in [-0.25, -0.2) is 0 Å². The Morgan fingerprint density at radius 1 is 0.944 bits per heavy atom. The Labute approximate surface area is 114 Å². The molecule has 0 heterocycles. The molecule has 1 atom stereocenters. The average Bonchev–Trinajstić information content (AvgIpc) is 2.39. The van der Waals surface area contributed by atoms with Crippen molar-refractivity contribution in [3.63, 3.8) is 0 Å². The second-order valence-corrected chi connectivity index (χ2v) is 5.03. The second kappa shape index (κ2) is 6.58.